The van der Waals surface area contributed by atoms with Crippen molar-refractivity contribution in [1.29, 1.82) is 0 Å². The van der Waals surface area contributed by atoms with Crippen LogP contribution in [-0.2, 0) is 11.2 Å². The van der Waals surface area contributed by atoms with E-state index in [0.29, 0.717) is 12.5 Å². The molecule has 1 aromatic carbocycles. The van der Waals surface area contributed by atoms with Gasteiger partial charge in [-0.3, -0.25) is 4.79 Å². The summed E-state index contributed by atoms with van der Waals surface area (Å²) in [5.41, 5.74) is 1.26. The average Bonchev–Trinajstić information content (AvgIpc) is 2.89. The maximum Gasteiger partial charge on any atom is 0.223 e. The fourth-order valence-electron chi connectivity index (χ4n) is 2.41. The molecule has 1 atom stereocenters. The zero-order valence-corrected chi connectivity index (χ0v) is 12.9. The molecule has 0 aromatic heterocycles. The first-order chi connectivity index (χ1) is 9.15. The van der Waals surface area contributed by atoms with Gasteiger partial charge in [-0.2, -0.15) is 0 Å². The number of carbonyl (C=O) groups is 1. The molecule has 1 N–H and O–H groups in total. The number of carbonyl (C=O) groups excluding carboxylic acids is 1. The molecule has 1 aliphatic heterocycles. The van der Waals surface area contributed by atoms with Crippen LogP contribution in [0.25, 0.3) is 0 Å². The van der Waals surface area contributed by atoms with Gasteiger partial charge in [0.25, 0.3) is 0 Å². The number of amides is 1. The summed E-state index contributed by atoms with van der Waals surface area (Å²) in [7, 11) is 1.90. The highest BCUT2D eigenvalue weighted by Crippen LogP contribution is 2.13. The van der Waals surface area contributed by atoms with Gasteiger partial charge < -0.3 is 10.2 Å². The van der Waals surface area contributed by atoms with Crippen molar-refractivity contribution in [3.8, 4) is 0 Å². The van der Waals surface area contributed by atoms with Gasteiger partial charge in [-0.15, -0.1) is 0 Å². The zero-order chi connectivity index (χ0) is 13.7. The third kappa shape index (κ3) is 4.62. The predicted molar refractivity (Wildman–Crippen MR) is 81.1 cm³/mol. The summed E-state index contributed by atoms with van der Waals surface area (Å²) in [6.07, 6.45) is 3.86. The topological polar surface area (TPSA) is 32.3 Å². The minimum atomic E-state index is 0.245. The summed E-state index contributed by atoms with van der Waals surface area (Å²) >= 11 is 3.47. The fourth-order valence-corrected chi connectivity index (χ4v) is 2.86. The van der Waals surface area contributed by atoms with Crippen LogP contribution in [0.5, 0.6) is 0 Å². The number of rotatable bonds is 5. The minimum absolute atomic E-state index is 0.245. The monoisotopic (exact) mass is 324 g/mol. The standard InChI is InChI=1S/C15H21BrN2O/c1-18(15(19)11-14-6-3-8-17-14)9-7-12-4-2-5-13(16)10-12/h2,4-5,10,14,17H,3,6-9,11H2,1H3. The number of halogens is 1. The molecule has 1 aliphatic rings. The van der Waals surface area contributed by atoms with Crippen molar-refractivity contribution in [3.05, 3.63) is 34.3 Å². The Morgan fingerprint density at radius 2 is 2.37 bits per heavy atom. The van der Waals surface area contributed by atoms with Crippen molar-refractivity contribution in [1.82, 2.24) is 10.2 Å². The number of likely N-dealkylation sites (N-methyl/N-ethyl adjacent to an activating group) is 1. The number of nitrogens with zero attached hydrogens (tertiary/aromatic N) is 1. The Balaban J connectivity index is 1.76. The van der Waals surface area contributed by atoms with Gasteiger partial charge >= 0.3 is 0 Å². The van der Waals surface area contributed by atoms with Crippen LogP contribution in [-0.4, -0.2) is 37.0 Å². The molecule has 0 radical (unpaired) electrons. The van der Waals surface area contributed by atoms with E-state index in [0.717, 1.165) is 30.4 Å². The number of benzene rings is 1. The molecule has 1 saturated heterocycles. The molecular weight excluding hydrogens is 304 g/mol. The molecule has 1 heterocycles. The van der Waals surface area contributed by atoms with Crippen molar-refractivity contribution in [2.75, 3.05) is 20.1 Å². The molecule has 3 nitrogen and oxygen atoms in total. The first-order valence-corrected chi connectivity index (χ1v) is 7.66. The van der Waals surface area contributed by atoms with Gasteiger partial charge in [0.05, 0.1) is 0 Å². The van der Waals surface area contributed by atoms with Crippen LogP contribution >= 0.6 is 15.9 Å². The van der Waals surface area contributed by atoms with E-state index >= 15 is 0 Å². The van der Waals surface area contributed by atoms with E-state index in [1.165, 1.54) is 12.0 Å². The maximum atomic E-state index is 12.1. The Bertz CT molecular complexity index is 430. The third-order valence-electron chi connectivity index (χ3n) is 3.63. The van der Waals surface area contributed by atoms with Gasteiger partial charge in [-0.25, -0.2) is 0 Å². The van der Waals surface area contributed by atoms with E-state index in [1.54, 1.807) is 0 Å². The van der Waals surface area contributed by atoms with Crippen LogP contribution in [0.1, 0.15) is 24.8 Å². The van der Waals surface area contributed by atoms with E-state index in [4.69, 9.17) is 0 Å². The molecule has 0 saturated carbocycles. The highest BCUT2D eigenvalue weighted by Gasteiger charge is 2.19. The third-order valence-corrected chi connectivity index (χ3v) is 4.13. The highest BCUT2D eigenvalue weighted by molar-refractivity contribution is 9.10. The van der Waals surface area contributed by atoms with Crippen molar-refractivity contribution in [3.63, 3.8) is 0 Å². The van der Waals surface area contributed by atoms with Gasteiger partial charge in [-0.1, -0.05) is 28.1 Å². The van der Waals surface area contributed by atoms with E-state index in [2.05, 4.69) is 33.4 Å². The van der Waals surface area contributed by atoms with Crippen LogP contribution in [0, 0.1) is 0 Å². The number of nitrogens with one attached hydrogen (secondary N) is 1. The lowest BCUT2D eigenvalue weighted by Crippen LogP contribution is -2.34. The van der Waals surface area contributed by atoms with E-state index in [9.17, 15) is 4.79 Å². The van der Waals surface area contributed by atoms with Crippen LogP contribution in [0.2, 0.25) is 0 Å². The lowest BCUT2D eigenvalue weighted by Gasteiger charge is -2.19. The molecule has 0 bridgehead atoms. The first kappa shape index (κ1) is 14.5. The second-order valence-electron chi connectivity index (χ2n) is 5.19. The predicted octanol–water partition coefficient (Wildman–Crippen LogP) is 2.59. The molecule has 0 spiro atoms. The van der Waals surface area contributed by atoms with Crippen molar-refractivity contribution < 1.29 is 4.79 Å². The molecule has 1 fully saturated rings. The largest absolute Gasteiger partial charge is 0.345 e. The molecule has 1 unspecified atom stereocenters. The Hall–Kier alpha value is -0.870. The summed E-state index contributed by atoms with van der Waals surface area (Å²) in [6, 6.07) is 8.65. The maximum absolute atomic E-state index is 12.1. The average molecular weight is 325 g/mol. The van der Waals surface area contributed by atoms with E-state index < -0.39 is 0 Å². The zero-order valence-electron chi connectivity index (χ0n) is 11.4. The fraction of sp³-hybridized carbons (Fsp3) is 0.533. The summed E-state index contributed by atoms with van der Waals surface area (Å²) in [4.78, 5) is 13.9. The molecule has 2 rings (SSSR count). The summed E-state index contributed by atoms with van der Waals surface area (Å²) in [5, 5.41) is 3.37. The Kier molecular flexibility index (Phi) is 5.40. The normalized spacial score (nSPS) is 18.5. The van der Waals surface area contributed by atoms with Gasteiger partial charge in [0.15, 0.2) is 0 Å². The summed E-state index contributed by atoms with van der Waals surface area (Å²) in [5.74, 6) is 0.245. The molecule has 0 aliphatic carbocycles. The van der Waals surface area contributed by atoms with Gasteiger partial charge in [0, 0.05) is 30.5 Å². The molecular formula is C15H21BrN2O. The lowest BCUT2D eigenvalue weighted by atomic mass is 10.1. The van der Waals surface area contributed by atoms with E-state index in [-0.39, 0.29) is 5.91 Å². The lowest BCUT2D eigenvalue weighted by molar-refractivity contribution is -0.130. The number of hydrogen-bond donors (Lipinski definition) is 1. The van der Waals surface area contributed by atoms with Crippen molar-refractivity contribution in [2.24, 2.45) is 0 Å². The van der Waals surface area contributed by atoms with Crippen molar-refractivity contribution in [2.45, 2.75) is 31.7 Å². The number of hydrogen-bond acceptors (Lipinski definition) is 2. The minimum Gasteiger partial charge on any atom is -0.345 e. The molecule has 104 valence electrons. The Morgan fingerprint density at radius 3 is 3.05 bits per heavy atom. The van der Waals surface area contributed by atoms with Crippen LogP contribution in [0.15, 0.2) is 28.7 Å². The van der Waals surface area contributed by atoms with Crippen LogP contribution in [0.4, 0.5) is 0 Å². The Labute approximate surface area is 123 Å². The molecule has 4 heteroatoms. The van der Waals surface area contributed by atoms with Gasteiger partial charge in [-0.05, 0) is 43.5 Å². The SMILES string of the molecule is CN(CCc1cccc(Br)c1)C(=O)CC1CCCN1. The highest BCUT2D eigenvalue weighted by atomic mass is 79.9. The first-order valence-electron chi connectivity index (χ1n) is 6.87. The van der Waals surface area contributed by atoms with E-state index in [1.807, 2.05) is 24.1 Å². The van der Waals surface area contributed by atoms with Crippen LogP contribution < -0.4 is 5.32 Å². The summed E-state index contributed by atoms with van der Waals surface area (Å²) in [6.45, 7) is 1.84. The smallest absolute Gasteiger partial charge is 0.223 e. The van der Waals surface area contributed by atoms with Gasteiger partial charge in [0.2, 0.25) is 5.91 Å². The van der Waals surface area contributed by atoms with Gasteiger partial charge in [0.1, 0.15) is 0 Å². The quantitative estimate of drug-likeness (QED) is 0.902. The molecule has 1 amide bonds. The Morgan fingerprint density at radius 1 is 1.53 bits per heavy atom. The summed E-state index contributed by atoms with van der Waals surface area (Å²) < 4.78 is 1.09. The van der Waals surface area contributed by atoms with Crippen LogP contribution in [0.3, 0.4) is 0 Å². The molecule has 19 heavy (non-hydrogen) atoms. The second kappa shape index (κ2) is 7.06. The second-order valence-corrected chi connectivity index (χ2v) is 6.11. The van der Waals surface area contributed by atoms with Crippen molar-refractivity contribution >= 4 is 21.8 Å². The molecule has 1 aromatic rings.